The number of hydrogen-bond acceptors (Lipinski definition) is 5. The molecule has 25 heavy (non-hydrogen) atoms. The zero-order valence-electron chi connectivity index (χ0n) is 12.8. The van der Waals surface area contributed by atoms with Crippen molar-refractivity contribution >= 4 is 33.5 Å². The second-order valence-electron chi connectivity index (χ2n) is 5.13. The van der Waals surface area contributed by atoms with Crippen molar-refractivity contribution in [2.24, 2.45) is 0 Å². The Morgan fingerprint density at radius 1 is 1.32 bits per heavy atom. The van der Waals surface area contributed by atoms with Crippen LogP contribution >= 0.6 is 27.5 Å². The van der Waals surface area contributed by atoms with Crippen molar-refractivity contribution in [3.63, 3.8) is 0 Å². The molecule has 0 amide bonds. The summed E-state index contributed by atoms with van der Waals surface area (Å²) in [4.78, 5) is 14.9. The number of carboxylic acids is 1. The SMILES string of the molecule is O=C(O)COc1ccc(Br)c(Cc2cccc(Cl)c2)c1-c1ncno1. The van der Waals surface area contributed by atoms with Gasteiger partial charge < -0.3 is 14.4 Å². The number of carboxylic acid groups (broad SMARTS) is 1. The maximum Gasteiger partial charge on any atom is 0.341 e. The second kappa shape index (κ2) is 7.67. The number of hydrogen-bond donors (Lipinski definition) is 1. The van der Waals surface area contributed by atoms with Crippen molar-refractivity contribution in [3.05, 3.63) is 63.3 Å². The second-order valence-corrected chi connectivity index (χ2v) is 6.43. The number of ether oxygens (including phenoxy) is 1. The van der Waals surface area contributed by atoms with Crippen molar-refractivity contribution < 1.29 is 19.2 Å². The molecule has 8 heteroatoms. The summed E-state index contributed by atoms with van der Waals surface area (Å²) in [6, 6.07) is 10.9. The van der Waals surface area contributed by atoms with Gasteiger partial charge in [-0.2, -0.15) is 4.98 Å². The molecule has 1 heterocycles. The van der Waals surface area contributed by atoms with Crippen molar-refractivity contribution in [2.45, 2.75) is 6.42 Å². The van der Waals surface area contributed by atoms with Gasteiger partial charge in [-0.25, -0.2) is 4.79 Å². The first-order chi connectivity index (χ1) is 12.0. The van der Waals surface area contributed by atoms with Gasteiger partial charge in [-0.05, 0) is 41.8 Å². The summed E-state index contributed by atoms with van der Waals surface area (Å²) < 4.78 is 11.4. The summed E-state index contributed by atoms with van der Waals surface area (Å²) in [6.45, 7) is -0.473. The molecule has 0 aliphatic rings. The van der Waals surface area contributed by atoms with Gasteiger partial charge in [0.1, 0.15) is 5.75 Å². The van der Waals surface area contributed by atoms with Crippen LogP contribution in [0.1, 0.15) is 11.1 Å². The first-order valence-corrected chi connectivity index (χ1v) is 8.39. The molecule has 0 aliphatic heterocycles. The highest BCUT2D eigenvalue weighted by Gasteiger charge is 2.20. The van der Waals surface area contributed by atoms with E-state index < -0.39 is 12.6 Å². The molecule has 0 saturated heterocycles. The summed E-state index contributed by atoms with van der Waals surface area (Å²) in [5.74, 6) is -0.471. The van der Waals surface area contributed by atoms with Crippen molar-refractivity contribution in [1.82, 2.24) is 10.1 Å². The van der Waals surface area contributed by atoms with E-state index in [1.165, 1.54) is 6.33 Å². The van der Waals surface area contributed by atoms with E-state index >= 15 is 0 Å². The van der Waals surface area contributed by atoms with Crippen LogP contribution in [-0.4, -0.2) is 27.8 Å². The van der Waals surface area contributed by atoms with E-state index in [0.717, 1.165) is 15.6 Å². The lowest BCUT2D eigenvalue weighted by Crippen LogP contribution is -2.10. The number of rotatable bonds is 6. The summed E-state index contributed by atoms with van der Waals surface area (Å²) in [5, 5.41) is 13.1. The number of carbonyl (C=O) groups is 1. The molecule has 3 rings (SSSR count). The first-order valence-electron chi connectivity index (χ1n) is 7.22. The lowest BCUT2D eigenvalue weighted by Gasteiger charge is -2.14. The van der Waals surface area contributed by atoms with Crippen molar-refractivity contribution in [1.29, 1.82) is 0 Å². The molecule has 0 radical (unpaired) electrons. The predicted molar refractivity (Wildman–Crippen MR) is 94.8 cm³/mol. The van der Waals surface area contributed by atoms with E-state index in [1.807, 2.05) is 18.2 Å². The molecule has 6 nitrogen and oxygen atoms in total. The summed E-state index contributed by atoms with van der Waals surface area (Å²) in [6.07, 6.45) is 1.80. The lowest BCUT2D eigenvalue weighted by atomic mass is 9.98. The molecule has 0 aliphatic carbocycles. The van der Waals surface area contributed by atoms with E-state index in [1.54, 1.807) is 18.2 Å². The zero-order chi connectivity index (χ0) is 17.8. The Labute approximate surface area is 156 Å². The van der Waals surface area contributed by atoms with Crippen molar-refractivity contribution in [3.8, 4) is 17.2 Å². The smallest absolute Gasteiger partial charge is 0.341 e. The molecular formula is C17H12BrClN2O4. The van der Waals surface area contributed by atoms with E-state index in [9.17, 15) is 4.79 Å². The molecule has 1 N–H and O–H groups in total. The molecule has 0 fully saturated rings. The summed E-state index contributed by atoms with van der Waals surface area (Å²) >= 11 is 9.59. The van der Waals surface area contributed by atoms with Gasteiger partial charge >= 0.3 is 5.97 Å². The minimum atomic E-state index is -1.07. The Hall–Kier alpha value is -2.38. The highest BCUT2D eigenvalue weighted by Crippen LogP contribution is 2.38. The van der Waals surface area contributed by atoms with Crippen LogP contribution in [0, 0.1) is 0 Å². The van der Waals surface area contributed by atoms with Crippen LogP contribution in [0.3, 0.4) is 0 Å². The highest BCUT2D eigenvalue weighted by molar-refractivity contribution is 9.10. The molecule has 0 atom stereocenters. The van der Waals surface area contributed by atoms with Crippen LogP contribution in [0.4, 0.5) is 0 Å². The quantitative estimate of drug-likeness (QED) is 0.639. The monoisotopic (exact) mass is 422 g/mol. The minimum absolute atomic E-state index is 0.249. The largest absolute Gasteiger partial charge is 0.481 e. The molecule has 1 aromatic heterocycles. The van der Waals surface area contributed by atoms with Gasteiger partial charge in [0.15, 0.2) is 12.9 Å². The van der Waals surface area contributed by atoms with Crippen LogP contribution in [0.5, 0.6) is 5.75 Å². The van der Waals surface area contributed by atoms with E-state index in [2.05, 4.69) is 26.1 Å². The average Bonchev–Trinajstić information content (AvgIpc) is 3.09. The normalized spacial score (nSPS) is 10.6. The number of aliphatic carboxylic acids is 1. The molecule has 0 spiro atoms. The Bertz CT molecular complexity index is 900. The summed E-state index contributed by atoms with van der Waals surface area (Å²) in [5.41, 5.74) is 2.35. The third kappa shape index (κ3) is 4.18. The minimum Gasteiger partial charge on any atom is -0.481 e. The molecule has 0 unspecified atom stereocenters. The third-order valence-corrected chi connectivity index (χ3v) is 4.39. The standard InChI is InChI=1S/C17H12BrClN2O4/c18-13-4-5-14(24-8-15(22)23)16(17-20-9-21-25-17)12(13)7-10-2-1-3-11(19)6-10/h1-6,9H,7-8H2,(H,22,23). The molecule has 128 valence electrons. The molecular weight excluding hydrogens is 412 g/mol. The first kappa shape index (κ1) is 17.4. The van der Waals surface area contributed by atoms with Gasteiger partial charge in [0, 0.05) is 9.50 Å². The van der Waals surface area contributed by atoms with Crippen LogP contribution in [0.2, 0.25) is 5.02 Å². The van der Waals surface area contributed by atoms with Crippen LogP contribution in [0.15, 0.2) is 51.7 Å². The van der Waals surface area contributed by atoms with Gasteiger partial charge in [0.05, 0.1) is 5.56 Å². The van der Waals surface area contributed by atoms with Gasteiger partial charge in [-0.15, -0.1) is 0 Å². The van der Waals surface area contributed by atoms with E-state index in [4.69, 9.17) is 26.0 Å². The Kier molecular flexibility index (Phi) is 5.35. The van der Waals surface area contributed by atoms with Crippen LogP contribution < -0.4 is 4.74 Å². The fourth-order valence-electron chi connectivity index (χ4n) is 2.40. The predicted octanol–water partition coefficient (Wildman–Crippen LogP) is 4.21. The summed E-state index contributed by atoms with van der Waals surface area (Å²) in [7, 11) is 0. The van der Waals surface area contributed by atoms with Crippen LogP contribution in [0.25, 0.3) is 11.5 Å². The molecule has 0 bridgehead atoms. The molecule has 3 aromatic rings. The average molecular weight is 424 g/mol. The van der Waals surface area contributed by atoms with Crippen LogP contribution in [-0.2, 0) is 11.2 Å². The van der Waals surface area contributed by atoms with Gasteiger partial charge in [0.2, 0.25) is 0 Å². The lowest BCUT2D eigenvalue weighted by molar-refractivity contribution is -0.139. The highest BCUT2D eigenvalue weighted by atomic mass is 79.9. The number of halogens is 2. The maximum absolute atomic E-state index is 10.9. The van der Waals surface area contributed by atoms with Gasteiger partial charge in [-0.1, -0.05) is 44.8 Å². The fraction of sp³-hybridized carbons (Fsp3) is 0.118. The number of nitrogens with zero attached hydrogens (tertiary/aromatic N) is 2. The number of aromatic nitrogens is 2. The Morgan fingerprint density at radius 2 is 2.16 bits per heavy atom. The van der Waals surface area contributed by atoms with Gasteiger partial charge in [-0.3, -0.25) is 0 Å². The molecule has 2 aromatic carbocycles. The molecule has 0 saturated carbocycles. The third-order valence-electron chi connectivity index (χ3n) is 3.41. The van der Waals surface area contributed by atoms with Gasteiger partial charge in [0.25, 0.3) is 5.89 Å². The fourth-order valence-corrected chi connectivity index (χ4v) is 3.09. The topological polar surface area (TPSA) is 85.5 Å². The van der Waals surface area contributed by atoms with Crippen molar-refractivity contribution in [2.75, 3.05) is 6.61 Å². The maximum atomic E-state index is 10.9. The zero-order valence-corrected chi connectivity index (χ0v) is 15.1. The number of benzene rings is 2. The van der Waals surface area contributed by atoms with E-state index in [0.29, 0.717) is 22.8 Å². The van der Waals surface area contributed by atoms with E-state index in [-0.39, 0.29) is 5.89 Å². The Morgan fingerprint density at radius 3 is 2.84 bits per heavy atom. The Balaban J connectivity index is 2.09.